The Morgan fingerprint density at radius 1 is 1.00 bits per heavy atom. The van der Waals surface area contributed by atoms with E-state index in [0.29, 0.717) is 26.9 Å². The van der Waals surface area contributed by atoms with Crippen LogP contribution in [0.15, 0.2) is 30.3 Å². The van der Waals surface area contributed by atoms with Crippen LogP contribution >= 0.6 is 46.4 Å². The minimum absolute atomic E-state index is 0.00359. The Bertz CT molecular complexity index is 645. The number of hydrogen-bond acceptors (Lipinski definition) is 1. The average molecular weight is 354 g/mol. The van der Waals surface area contributed by atoms with Gasteiger partial charge < -0.3 is 4.74 Å². The number of rotatable bonds is 3. The molecule has 1 unspecified atom stereocenters. The first-order chi connectivity index (χ1) is 9.43. The van der Waals surface area contributed by atoms with Crippen LogP contribution in [0.5, 0.6) is 5.75 Å². The SMILES string of the molecule is COc1cc(Cl)c(C(Cl)c2ccc(F)c(Cl)c2)cc1Cl. The highest BCUT2D eigenvalue weighted by Gasteiger charge is 2.18. The van der Waals surface area contributed by atoms with E-state index in [-0.39, 0.29) is 5.02 Å². The lowest BCUT2D eigenvalue weighted by molar-refractivity contribution is 0.415. The zero-order chi connectivity index (χ0) is 14.9. The second kappa shape index (κ2) is 6.40. The third-order valence-corrected chi connectivity index (χ3v) is 4.18. The van der Waals surface area contributed by atoms with Crippen LogP contribution in [-0.4, -0.2) is 7.11 Å². The molecule has 0 aliphatic heterocycles. The normalized spacial score (nSPS) is 12.3. The summed E-state index contributed by atoms with van der Waals surface area (Å²) in [7, 11) is 1.50. The zero-order valence-electron chi connectivity index (χ0n) is 10.3. The molecule has 0 aliphatic carbocycles. The Labute approximate surface area is 136 Å². The molecule has 2 aromatic rings. The summed E-state index contributed by atoms with van der Waals surface area (Å²) < 4.78 is 18.2. The number of methoxy groups -OCH3 is 1. The van der Waals surface area contributed by atoms with Crippen LogP contribution in [0.25, 0.3) is 0 Å². The van der Waals surface area contributed by atoms with Crippen molar-refractivity contribution >= 4 is 46.4 Å². The molecule has 2 rings (SSSR count). The summed E-state index contributed by atoms with van der Waals surface area (Å²) in [4.78, 5) is 0. The lowest BCUT2D eigenvalue weighted by atomic mass is 10.0. The molecular weight excluding hydrogens is 345 g/mol. The zero-order valence-corrected chi connectivity index (χ0v) is 13.3. The number of alkyl halides is 1. The van der Waals surface area contributed by atoms with Crippen molar-refractivity contribution in [3.05, 3.63) is 62.3 Å². The molecule has 0 N–H and O–H groups in total. The fraction of sp³-hybridized carbons (Fsp3) is 0.143. The fourth-order valence-corrected chi connectivity index (χ4v) is 2.82. The van der Waals surface area contributed by atoms with Gasteiger partial charge in [-0.05, 0) is 29.3 Å². The summed E-state index contributed by atoms with van der Waals surface area (Å²) in [5.74, 6) is -0.0421. The van der Waals surface area contributed by atoms with Gasteiger partial charge in [0.15, 0.2) is 0 Å². The summed E-state index contributed by atoms with van der Waals surface area (Å²) in [6, 6.07) is 7.47. The minimum atomic E-state index is -0.594. The van der Waals surface area contributed by atoms with Crippen molar-refractivity contribution in [1.29, 1.82) is 0 Å². The molecule has 2 aromatic carbocycles. The van der Waals surface area contributed by atoms with Crippen molar-refractivity contribution in [2.75, 3.05) is 7.11 Å². The third-order valence-electron chi connectivity index (χ3n) is 2.78. The van der Waals surface area contributed by atoms with Gasteiger partial charge in [-0.3, -0.25) is 0 Å². The second-order valence-electron chi connectivity index (χ2n) is 4.04. The Morgan fingerprint density at radius 3 is 2.30 bits per heavy atom. The quantitative estimate of drug-likeness (QED) is 0.603. The molecule has 0 saturated carbocycles. The molecule has 20 heavy (non-hydrogen) atoms. The predicted octanol–water partition coefficient (Wildman–Crippen LogP) is 6.12. The molecule has 0 spiro atoms. The Hall–Kier alpha value is -0.670. The first-order valence-corrected chi connectivity index (χ1v) is 7.13. The van der Waals surface area contributed by atoms with Gasteiger partial charge in [-0.25, -0.2) is 4.39 Å². The number of ether oxygens (including phenoxy) is 1. The summed E-state index contributed by atoms with van der Waals surface area (Å²) in [6.45, 7) is 0. The Balaban J connectivity index is 2.45. The minimum Gasteiger partial charge on any atom is -0.495 e. The van der Waals surface area contributed by atoms with Crippen molar-refractivity contribution in [2.24, 2.45) is 0 Å². The van der Waals surface area contributed by atoms with Crippen molar-refractivity contribution in [2.45, 2.75) is 5.38 Å². The van der Waals surface area contributed by atoms with Gasteiger partial charge in [0, 0.05) is 11.1 Å². The molecule has 0 aliphatic rings. The first-order valence-electron chi connectivity index (χ1n) is 5.56. The second-order valence-corrected chi connectivity index (χ2v) is 5.70. The van der Waals surface area contributed by atoms with Crippen molar-refractivity contribution in [3.63, 3.8) is 0 Å². The predicted molar refractivity (Wildman–Crippen MR) is 82.1 cm³/mol. The third kappa shape index (κ3) is 3.15. The van der Waals surface area contributed by atoms with Crippen LogP contribution in [0.3, 0.4) is 0 Å². The maximum atomic E-state index is 13.2. The van der Waals surface area contributed by atoms with Crippen LogP contribution in [0.1, 0.15) is 16.5 Å². The van der Waals surface area contributed by atoms with E-state index in [9.17, 15) is 4.39 Å². The molecule has 1 nitrogen and oxygen atoms in total. The number of benzene rings is 2. The molecule has 0 bridgehead atoms. The largest absolute Gasteiger partial charge is 0.495 e. The van der Waals surface area contributed by atoms with Crippen LogP contribution in [0.4, 0.5) is 4.39 Å². The van der Waals surface area contributed by atoms with Gasteiger partial charge >= 0.3 is 0 Å². The summed E-state index contributed by atoms with van der Waals surface area (Å²) in [5.41, 5.74) is 1.23. The van der Waals surface area contributed by atoms with E-state index >= 15 is 0 Å². The van der Waals surface area contributed by atoms with Gasteiger partial charge in [-0.1, -0.05) is 40.9 Å². The molecule has 0 radical (unpaired) electrons. The van der Waals surface area contributed by atoms with Crippen molar-refractivity contribution in [3.8, 4) is 5.75 Å². The van der Waals surface area contributed by atoms with Crippen LogP contribution in [0, 0.1) is 5.82 Å². The van der Waals surface area contributed by atoms with Crippen LogP contribution in [-0.2, 0) is 0 Å². The molecule has 0 aromatic heterocycles. The Morgan fingerprint density at radius 2 is 1.70 bits per heavy atom. The van der Waals surface area contributed by atoms with Gasteiger partial charge in [0.05, 0.1) is 22.5 Å². The maximum Gasteiger partial charge on any atom is 0.141 e. The average Bonchev–Trinajstić information content (AvgIpc) is 2.43. The van der Waals surface area contributed by atoms with Gasteiger partial charge in [0.2, 0.25) is 0 Å². The first kappa shape index (κ1) is 15.7. The molecule has 0 saturated heterocycles. The monoisotopic (exact) mass is 352 g/mol. The molecule has 0 amide bonds. The van der Waals surface area contributed by atoms with E-state index in [4.69, 9.17) is 51.1 Å². The summed E-state index contributed by atoms with van der Waals surface area (Å²) >= 11 is 24.3. The molecule has 106 valence electrons. The Kier molecular flexibility index (Phi) is 5.03. The highest BCUT2D eigenvalue weighted by atomic mass is 35.5. The van der Waals surface area contributed by atoms with E-state index in [1.165, 1.54) is 19.2 Å². The van der Waals surface area contributed by atoms with Crippen molar-refractivity contribution < 1.29 is 9.13 Å². The maximum absolute atomic E-state index is 13.2. The molecule has 0 heterocycles. The highest BCUT2D eigenvalue weighted by molar-refractivity contribution is 6.36. The van der Waals surface area contributed by atoms with E-state index in [0.717, 1.165) is 0 Å². The van der Waals surface area contributed by atoms with Crippen LogP contribution in [0.2, 0.25) is 15.1 Å². The molecule has 1 atom stereocenters. The fourth-order valence-electron chi connectivity index (χ4n) is 1.74. The number of hydrogen-bond donors (Lipinski definition) is 0. The van der Waals surface area contributed by atoms with Gasteiger partial charge in [-0.2, -0.15) is 0 Å². The highest BCUT2D eigenvalue weighted by Crippen LogP contribution is 2.39. The summed E-state index contributed by atoms with van der Waals surface area (Å²) in [6.07, 6.45) is 0. The van der Waals surface area contributed by atoms with Crippen molar-refractivity contribution in [1.82, 2.24) is 0 Å². The van der Waals surface area contributed by atoms with Crippen LogP contribution < -0.4 is 4.74 Å². The molecule has 0 fully saturated rings. The van der Waals surface area contributed by atoms with E-state index in [1.807, 2.05) is 0 Å². The number of halogens is 5. The van der Waals surface area contributed by atoms with E-state index < -0.39 is 11.2 Å². The van der Waals surface area contributed by atoms with E-state index in [2.05, 4.69) is 0 Å². The molecular formula is C14H9Cl4FO. The van der Waals surface area contributed by atoms with Gasteiger partial charge in [-0.15, -0.1) is 11.6 Å². The smallest absolute Gasteiger partial charge is 0.141 e. The van der Waals surface area contributed by atoms with Gasteiger partial charge in [0.25, 0.3) is 0 Å². The lowest BCUT2D eigenvalue weighted by Crippen LogP contribution is -1.97. The summed E-state index contributed by atoms with van der Waals surface area (Å²) in [5, 5.41) is 0.213. The molecule has 6 heteroatoms. The standard InChI is InChI=1S/C14H9Cl4FO/c1-20-13-6-9(15)8(5-11(13)17)14(18)7-2-3-12(19)10(16)4-7/h2-6,14H,1H3. The topological polar surface area (TPSA) is 9.23 Å². The van der Waals surface area contributed by atoms with E-state index in [1.54, 1.807) is 18.2 Å². The van der Waals surface area contributed by atoms with Gasteiger partial charge in [0.1, 0.15) is 11.6 Å². The lowest BCUT2D eigenvalue weighted by Gasteiger charge is -2.15.